The SMILES string of the molecule is CC(CCc1ccccc1F)NCc1cccnc1. The minimum atomic E-state index is -0.109. The predicted octanol–water partition coefficient (Wildman–Crippen LogP) is 3.33. The Labute approximate surface area is 113 Å². The second-order valence-electron chi connectivity index (χ2n) is 4.77. The first-order chi connectivity index (χ1) is 9.25. The summed E-state index contributed by atoms with van der Waals surface area (Å²) in [6.45, 7) is 2.92. The lowest BCUT2D eigenvalue weighted by Crippen LogP contribution is -2.26. The van der Waals surface area contributed by atoms with Gasteiger partial charge in [-0.15, -0.1) is 0 Å². The first kappa shape index (κ1) is 13.7. The Morgan fingerprint density at radius 3 is 2.79 bits per heavy atom. The lowest BCUT2D eigenvalue weighted by atomic mass is 10.1. The van der Waals surface area contributed by atoms with Crippen molar-refractivity contribution >= 4 is 0 Å². The zero-order chi connectivity index (χ0) is 13.5. The molecule has 1 atom stereocenters. The summed E-state index contributed by atoms with van der Waals surface area (Å²) in [6.07, 6.45) is 5.30. The third-order valence-corrected chi connectivity index (χ3v) is 3.18. The predicted molar refractivity (Wildman–Crippen MR) is 75.3 cm³/mol. The van der Waals surface area contributed by atoms with Crippen LogP contribution in [0.2, 0.25) is 0 Å². The van der Waals surface area contributed by atoms with E-state index in [0.717, 1.165) is 24.9 Å². The largest absolute Gasteiger partial charge is 0.310 e. The third kappa shape index (κ3) is 4.45. The molecule has 0 fully saturated rings. The number of benzene rings is 1. The molecule has 0 spiro atoms. The van der Waals surface area contributed by atoms with Gasteiger partial charge in [-0.2, -0.15) is 0 Å². The summed E-state index contributed by atoms with van der Waals surface area (Å²) < 4.78 is 13.5. The fourth-order valence-corrected chi connectivity index (χ4v) is 1.97. The maximum atomic E-state index is 13.5. The number of aromatic nitrogens is 1. The average Bonchev–Trinajstić information content (AvgIpc) is 2.45. The highest BCUT2D eigenvalue weighted by Gasteiger charge is 2.05. The Kier molecular flexibility index (Phi) is 5.04. The molecule has 1 N–H and O–H groups in total. The number of pyridine rings is 1. The Morgan fingerprint density at radius 1 is 1.21 bits per heavy atom. The van der Waals surface area contributed by atoms with Gasteiger partial charge >= 0.3 is 0 Å². The molecule has 1 unspecified atom stereocenters. The second kappa shape index (κ2) is 7.00. The molecule has 19 heavy (non-hydrogen) atoms. The van der Waals surface area contributed by atoms with Gasteiger partial charge in [0, 0.05) is 25.0 Å². The second-order valence-corrected chi connectivity index (χ2v) is 4.77. The molecule has 1 heterocycles. The molecular formula is C16H19FN2. The Balaban J connectivity index is 1.76. The number of nitrogens with one attached hydrogen (secondary N) is 1. The van der Waals surface area contributed by atoms with E-state index in [2.05, 4.69) is 17.2 Å². The molecule has 0 saturated carbocycles. The Morgan fingerprint density at radius 2 is 2.05 bits per heavy atom. The van der Waals surface area contributed by atoms with Crippen LogP contribution in [0.4, 0.5) is 4.39 Å². The maximum Gasteiger partial charge on any atom is 0.126 e. The van der Waals surface area contributed by atoms with Crippen LogP contribution in [0.15, 0.2) is 48.8 Å². The molecule has 0 bridgehead atoms. The standard InChI is InChI=1S/C16H19FN2/c1-13(19-12-14-5-4-10-18-11-14)8-9-15-6-2-3-7-16(15)17/h2-7,10-11,13,19H,8-9,12H2,1H3. The molecule has 0 aliphatic heterocycles. The molecule has 0 saturated heterocycles. The molecular weight excluding hydrogens is 239 g/mol. The number of hydrogen-bond donors (Lipinski definition) is 1. The van der Waals surface area contributed by atoms with Crippen LogP contribution >= 0.6 is 0 Å². The molecule has 0 radical (unpaired) electrons. The molecule has 100 valence electrons. The van der Waals surface area contributed by atoms with E-state index in [-0.39, 0.29) is 5.82 Å². The summed E-state index contributed by atoms with van der Waals surface area (Å²) >= 11 is 0. The van der Waals surface area contributed by atoms with Crippen molar-refractivity contribution in [1.82, 2.24) is 10.3 Å². The van der Waals surface area contributed by atoms with Crippen molar-refractivity contribution in [1.29, 1.82) is 0 Å². The van der Waals surface area contributed by atoms with E-state index in [9.17, 15) is 4.39 Å². The highest BCUT2D eigenvalue weighted by atomic mass is 19.1. The highest BCUT2D eigenvalue weighted by molar-refractivity contribution is 5.17. The van der Waals surface area contributed by atoms with E-state index < -0.39 is 0 Å². The van der Waals surface area contributed by atoms with Crippen molar-refractivity contribution in [2.75, 3.05) is 0 Å². The van der Waals surface area contributed by atoms with Gasteiger partial charge in [0.15, 0.2) is 0 Å². The van der Waals surface area contributed by atoms with E-state index in [4.69, 9.17) is 0 Å². The number of halogens is 1. The van der Waals surface area contributed by atoms with Crippen molar-refractivity contribution in [2.24, 2.45) is 0 Å². The quantitative estimate of drug-likeness (QED) is 0.859. The van der Waals surface area contributed by atoms with Crippen molar-refractivity contribution < 1.29 is 4.39 Å². The van der Waals surface area contributed by atoms with Crippen LogP contribution in [-0.4, -0.2) is 11.0 Å². The number of nitrogens with zero attached hydrogens (tertiary/aromatic N) is 1. The smallest absolute Gasteiger partial charge is 0.126 e. The lowest BCUT2D eigenvalue weighted by Gasteiger charge is -2.13. The monoisotopic (exact) mass is 258 g/mol. The van der Waals surface area contributed by atoms with Gasteiger partial charge in [-0.1, -0.05) is 24.3 Å². The van der Waals surface area contributed by atoms with E-state index >= 15 is 0 Å². The van der Waals surface area contributed by atoms with Gasteiger partial charge < -0.3 is 5.32 Å². The van der Waals surface area contributed by atoms with Crippen LogP contribution in [0.25, 0.3) is 0 Å². The van der Waals surface area contributed by atoms with Crippen molar-refractivity contribution in [3.05, 3.63) is 65.7 Å². The molecule has 0 aliphatic rings. The summed E-state index contributed by atoms with van der Waals surface area (Å²) in [6, 6.07) is 11.3. The zero-order valence-corrected chi connectivity index (χ0v) is 11.1. The van der Waals surface area contributed by atoms with Gasteiger partial charge in [-0.3, -0.25) is 4.98 Å². The molecule has 0 aliphatic carbocycles. The summed E-state index contributed by atoms with van der Waals surface area (Å²) in [4.78, 5) is 4.08. The van der Waals surface area contributed by atoms with Crippen LogP contribution in [0.3, 0.4) is 0 Å². The molecule has 1 aromatic heterocycles. The van der Waals surface area contributed by atoms with Gasteiger partial charge in [0.2, 0.25) is 0 Å². The minimum Gasteiger partial charge on any atom is -0.310 e. The van der Waals surface area contributed by atoms with Crippen molar-refractivity contribution in [3.8, 4) is 0 Å². The number of hydrogen-bond acceptors (Lipinski definition) is 2. The van der Waals surface area contributed by atoms with Gasteiger partial charge in [0.05, 0.1) is 0 Å². The minimum absolute atomic E-state index is 0.109. The number of rotatable bonds is 6. The number of aryl methyl sites for hydroxylation is 1. The third-order valence-electron chi connectivity index (χ3n) is 3.18. The first-order valence-electron chi connectivity index (χ1n) is 6.61. The fraction of sp³-hybridized carbons (Fsp3) is 0.312. The van der Waals surface area contributed by atoms with E-state index in [1.807, 2.05) is 30.5 Å². The van der Waals surface area contributed by atoms with E-state index in [1.165, 1.54) is 11.6 Å². The molecule has 3 heteroatoms. The summed E-state index contributed by atoms with van der Waals surface area (Å²) in [5, 5.41) is 3.43. The van der Waals surface area contributed by atoms with Crippen LogP contribution in [-0.2, 0) is 13.0 Å². The first-order valence-corrected chi connectivity index (χ1v) is 6.61. The van der Waals surface area contributed by atoms with E-state index in [0.29, 0.717) is 6.04 Å². The zero-order valence-electron chi connectivity index (χ0n) is 11.1. The van der Waals surface area contributed by atoms with Crippen LogP contribution in [0.5, 0.6) is 0 Å². The molecule has 0 amide bonds. The highest BCUT2D eigenvalue weighted by Crippen LogP contribution is 2.10. The summed E-state index contributed by atoms with van der Waals surface area (Å²) in [5.41, 5.74) is 1.96. The van der Waals surface area contributed by atoms with Crippen molar-refractivity contribution in [2.45, 2.75) is 32.4 Å². The van der Waals surface area contributed by atoms with Gasteiger partial charge in [0.1, 0.15) is 5.82 Å². The topological polar surface area (TPSA) is 24.9 Å². The fourth-order valence-electron chi connectivity index (χ4n) is 1.97. The molecule has 2 aromatic rings. The van der Waals surface area contributed by atoms with E-state index in [1.54, 1.807) is 12.3 Å². The normalized spacial score (nSPS) is 12.3. The summed E-state index contributed by atoms with van der Waals surface area (Å²) in [7, 11) is 0. The molecule has 2 rings (SSSR count). The maximum absolute atomic E-state index is 13.5. The Bertz CT molecular complexity index is 499. The summed E-state index contributed by atoms with van der Waals surface area (Å²) in [5.74, 6) is -0.109. The van der Waals surface area contributed by atoms with Crippen LogP contribution < -0.4 is 5.32 Å². The van der Waals surface area contributed by atoms with Crippen LogP contribution in [0.1, 0.15) is 24.5 Å². The van der Waals surface area contributed by atoms with Gasteiger partial charge in [0.25, 0.3) is 0 Å². The molecule has 1 aromatic carbocycles. The molecule has 2 nitrogen and oxygen atoms in total. The van der Waals surface area contributed by atoms with Gasteiger partial charge in [-0.05, 0) is 43.0 Å². The average molecular weight is 258 g/mol. The van der Waals surface area contributed by atoms with Crippen molar-refractivity contribution in [3.63, 3.8) is 0 Å². The van der Waals surface area contributed by atoms with Gasteiger partial charge in [-0.25, -0.2) is 4.39 Å². The lowest BCUT2D eigenvalue weighted by molar-refractivity contribution is 0.506. The Hall–Kier alpha value is -1.74. The van der Waals surface area contributed by atoms with Crippen LogP contribution in [0, 0.1) is 5.82 Å².